The van der Waals surface area contributed by atoms with Crippen molar-refractivity contribution >= 4 is 61.8 Å². The molecule has 0 amide bonds. The largest absolute Gasteiger partial charge is 2.00 e. The Morgan fingerprint density at radius 2 is 1.50 bits per heavy atom. The van der Waals surface area contributed by atoms with Crippen LogP contribution in [0.1, 0.15) is 12.8 Å². The molecule has 0 spiro atoms. The Morgan fingerprint density at radius 3 is 1.78 bits per heavy atom. The fourth-order valence-electron chi connectivity index (χ4n) is 0.813. The maximum absolute atomic E-state index is 10.6. The number of esters is 1. The Bertz CT molecular complexity index is 344. The molecule has 0 saturated carbocycles. The molecule has 0 radical (unpaired) electrons. The summed E-state index contributed by atoms with van der Waals surface area (Å²) in [5, 5.41) is 39.3. The minimum Gasteiger partial charge on any atom is -0.550 e. The van der Waals surface area contributed by atoms with Gasteiger partial charge in [-0.1, -0.05) is 0 Å². The second-order valence-corrected chi connectivity index (χ2v) is 2.77. The molecule has 1 unspecified atom stereocenters. The van der Waals surface area contributed by atoms with Crippen LogP contribution in [0.2, 0.25) is 0 Å². The number of aliphatic hydroxyl groups is 1. The monoisotopic (exact) mass is 312 g/mol. The average Bonchev–Trinajstić information content (AvgIpc) is 1.98. The van der Waals surface area contributed by atoms with Crippen molar-refractivity contribution in [1.82, 2.24) is 0 Å². The molecular weight excluding hydrogens is 307 g/mol. The molecule has 0 aromatic rings. The molecule has 0 aliphatic heterocycles. The third-order valence-electron chi connectivity index (χ3n) is 1.45. The van der Waals surface area contributed by atoms with E-state index in [1.807, 2.05) is 0 Å². The van der Waals surface area contributed by atoms with E-state index in [1.54, 1.807) is 0 Å². The summed E-state index contributed by atoms with van der Waals surface area (Å²) in [5.41, 5.74) is -3.09. The van der Waals surface area contributed by atoms with E-state index in [2.05, 4.69) is 4.74 Å². The van der Waals surface area contributed by atoms with Gasteiger partial charge in [-0.05, 0) is 0 Å². The van der Waals surface area contributed by atoms with Gasteiger partial charge in [-0.2, -0.15) is 0 Å². The minimum atomic E-state index is -3.09. The van der Waals surface area contributed by atoms with Crippen LogP contribution in [0.5, 0.6) is 0 Å². The van der Waals surface area contributed by atoms with Gasteiger partial charge in [0.1, 0.15) is 5.60 Å². The van der Waals surface area contributed by atoms with E-state index >= 15 is 0 Å². The van der Waals surface area contributed by atoms with Crippen molar-refractivity contribution in [2.75, 3.05) is 0 Å². The number of carbonyl (C=O) groups is 4. The first-order valence-corrected chi connectivity index (χ1v) is 3.72. The van der Waals surface area contributed by atoms with E-state index in [0.29, 0.717) is 0 Å². The summed E-state index contributed by atoms with van der Waals surface area (Å²) >= 11 is 0. The summed E-state index contributed by atoms with van der Waals surface area (Å²) < 4.78 is 3.38. The molecule has 0 aliphatic rings. The molecule has 0 rings (SSSR count). The predicted molar refractivity (Wildman–Crippen MR) is 41.4 cm³/mol. The maximum atomic E-state index is 10.6. The standard InChI is InChI=1S/C7H8O9.Ca.K/c8-3(9)1-7(15,5(11)12)2-4(10)16-6(13)14;;/h15H,1-2H2,(H,8,9)(H,11,12)(H,13,14);;/q;+2;+1/p-3. The van der Waals surface area contributed by atoms with Crippen LogP contribution in [-0.2, 0) is 19.1 Å². The van der Waals surface area contributed by atoms with E-state index in [9.17, 15) is 34.5 Å². The second-order valence-electron chi connectivity index (χ2n) is 2.77. The van der Waals surface area contributed by atoms with Crippen LogP contribution in [0.15, 0.2) is 0 Å². The van der Waals surface area contributed by atoms with Crippen molar-refractivity contribution in [3.63, 3.8) is 0 Å². The molecule has 0 saturated heterocycles. The van der Waals surface area contributed by atoms with Crippen LogP contribution in [-0.4, -0.2) is 72.5 Å². The van der Waals surface area contributed by atoms with Gasteiger partial charge in [-0.15, -0.1) is 0 Å². The number of carboxylic acid groups (broad SMARTS) is 3. The van der Waals surface area contributed by atoms with Crippen LogP contribution in [0.3, 0.4) is 0 Å². The first kappa shape index (κ1) is 23.8. The zero-order chi connectivity index (χ0) is 12.9. The first-order chi connectivity index (χ1) is 7.17. The normalized spacial score (nSPS) is 12.1. The van der Waals surface area contributed by atoms with Gasteiger partial charge in [0.05, 0.1) is 12.4 Å². The van der Waals surface area contributed by atoms with Crippen molar-refractivity contribution in [3.05, 3.63) is 0 Å². The van der Waals surface area contributed by atoms with Crippen molar-refractivity contribution in [3.8, 4) is 0 Å². The molecule has 0 fully saturated rings. The Kier molecular flexibility index (Phi) is 13.9. The number of carboxylic acids is 2. The number of rotatable bonds is 5. The molecule has 0 aromatic carbocycles. The fraction of sp³-hybridized carbons (Fsp3) is 0.429. The second kappa shape index (κ2) is 10.5. The van der Waals surface area contributed by atoms with Gasteiger partial charge in [0.25, 0.3) is 6.16 Å². The van der Waals surface area contributed by atoms with Gasteiger partial charge < -0.3 is 39.5 Å². The van der Waals surface area contributed by atoms with Gasteiger partial charge in [0, 0.05) is 12.4 Å². The van der Waals surface area contributed by atoms with Crippen LogP contribution < -0.4 is 66.7 Å². The Hall–Kier alpha value is 0.736. The van der Waals surface area contributed by atoms with Gasteiger partial charge >= 0.3 is 89.1 Å². The molecule has 1 atom stereocenters. The fourth-order valence-corrected chi connectivity index (χ4v) is 0.813. The SMILES string of the molecule is O=C([O-])CC(O)(CC(=O)OC(=O)[O-])C(=O)[O-].[Ca+2].[K+]. The third-order valence-corrected chi connectivity index (χ3v) is 1.45. The van der Waals surface area contributed by atoms with Crippen molar-refractivity contribution in [1.29, 1.82) is 0 Å². The zero-order valence-corrected chi connectivity index (χ0v) is 14.7. The number of hydrogen-bond donors (Lipinski definition) is 1. The summed E-state index contributed by atoms with van der Waals surface area (Å²) in [4.78, 5) is 40.8. The van der Waals surface area contributed by atoms with Gasteiger partial charge in [-0.3, -0.25) is 4.79 Å². The van der Waals surface area contributed by atoms with E-state index in [4.69, 9.17) is 5.11 Å². The van der Waals surface area contributed by atoms with E-state index < -0.39 is 42.5 Å². The van der Waals surface area contributed by atoms with Gasteiger partial charge in [0.2, 0.25) is 5.97 Å². The molecule has 0 aromatic heterocycles. The molecule has 9 nitrogen and oxygen atoms in total. The van der Waals surface area contributed by atoms with Crippen LogP contribution >= 0.6 is 0 Å². The summed E-state index contributed by atoms with van der Waals surface area (Å²) in [6.45, 7) is 0. The number of carbonyl (C=O) groups excluding carboxylic acids is 4. The Balaban J connectivity index is -0.00000112. The Labute approximate surface area is 173 Å². The average molecular weight is 312 g/mol. The number of ether oxygens (including phenoxy) is 1. The van der Waals surface area contributed by atoms with Crippen molar-refractivity contribution in [2.24, 2.45) is 0 Å². The third kappa shape index (κ3) is 9.64. The Morgan fingerprint density at radius 1 is 1.06 bits per heavy atom. The van der Waals surface area contributed by atoms with E-state index in [-0.39, 0.29) is 89.1 Å². The molecule has 0 aliphatic carbocycles. The number of hydrogen-bond acceptors (Lipinski definition) is 9. The predicted octanol–water partition coefficient (Wildman–Crippen LogP) is -8.49. The van der Waals surface area contributed by atoms with Crippen LogP contribution in [0.25, 0.3) is 0 Å². The first-order valence-electron chi connectivity index (χ1n) is 3.72. The summed E-state index contributed by atoms with van der Waals surface area (Å²) in [5.74, 6) is -5.92. The topological polar surface area (TPSA) is 167 Å². The van der Waals surface area contributed by atoms with Crippen molar-refractivity contribution < 1.29 is 95.7 Å². The quantitative estimate of drug-likeness (QED) is 0.294. The molecule has 90 valence electrons. The molecule has 18 heavy (non-hydrogen) atoms. The molecule has 0 bridgehead atoms. The smallest absolute Gasteiger partial charge is 0.550 e. The van der Waals surface area contributed by atoms with Gasteiger partial charge in [0.15, 0.2) is 0 Å². The number of aliphatic carboxylic acids is 2. The molecule has 11 heteroatoms. The molecular formula is C7H5CaKO9. The van der Waals surface area contributed by atoms with E-state index in [1.165, 1.54) is 0 Å². The van der Waals surface area contributed by atoms with Crippen LogP contribution in [0.4, 0.5) is 4.79 Å². The summed E-state index contributed by atoms with van der Waals surface area (Å²) in [6, 6.07) is 0. The maximum Gasteiger partial charge on any atom is 2.00 e. The summed E-state index contributed by atoms with van der Waals surface area (Å²) in [7, 11) is 0. The van der Waals surface area contributed by atoms with Crippen LogP contribution in [0, 0.1) is 0 Å². The summed E-state index contributed by atoms with van der Waals surface area (Å²) in [6.07, 6.45) is -5.13. The van der Waals surface area contributed by atoms with Crippen molar-refractivity contribution in [2.45, 2.75) is 18.4 Å². The van der Waals surface area contributed by atoms with Gasteiger partial charge in [-0.25, -0.2) is 0 Å². The van der Waals surface area contributed by atoms with E-state index in [0.717, 1.165) is 0 Å². The molecule has 0 heterocycles. The minimum absolute atomic E-state index is 0. The molecule has 1 N–H and O–H groups in total. The zero-order valence-electron chi connectivity index (χ0n) is 9.33.